The van der Waals surface area contributed by atoms with Crippen molar-refractivity contribution < 1.29 is 38.5 Å². The molecule has 0 aliphatic rings. The van der Waals surface area contributed by atoms with Crippen LogP contribution in [-0.2, 0) is 6.61 Å². The summed E-state index contributed by atoms with van der Waals surface area (Å²) in [7, 11) is 0. The highest BCUT2D eigenvalue weighted by Gasteiger charge is 2.12. The highest BCUT2D eigenvalue weighted by Crippen LogP contribution is 2.07. The van der Waals surface area contributed by atoms with Gasteiger partial charge in [-0.15, -0.1) is 0 Å². The molecule has 0 fully saturated rings. The van der Waals surface area contributed by atoms with Crippen molar-refractivity contribution in [2.75, 3.05) is 0 Å². The lowest BCUT2D eigenvalue weighted by atomic mass is 10.3. The number of aldehydes is 1. The van der Waals surface area contributed by atoms with E-state index in [1.54, 1.807) is 6.07 Å². The number of aliphatic hydroxyl groups is 1. The van der Waals surface area contributed by atoms with Crippen molar-refractivity contribution in [1.29, 1.82) is 0 Å². The monoisotopic (exact) mass is 282 g/mol. The zero-order valence-corrected chi connectivity index (χ0v) is 9.98. The number of carbonyl (C=O) groups excluding carboxylic acids is 1. The van der Waals surface area contributed by atoms with Crippen LogP contribution >= 0.6 is 0 Å². The molecule has 0 radical (unpaired) electrons. The van der Waals surface area contributed by atoms with E-state index in [0.717, 1.165) is 12.1 Å². The fourth-order valence-electron chi connectivity index (χ4n) is 1.15. The first kappa shape index (κ1) is 15.2. The Balaban J connectivity index is 0.000000204. The highest BCUT2D eigenvalue weighted by molar-refractivity contribution is 5.88. The molecule has 2 aromatic heterocycles. The Hall–Kier alpha value is -2.87. The summed E-state index contributed by atoms with van der Waals surface area (Å²) in [5.74, 6) is -3.10. The Morgan fingerprint density at radius 2 is 1.65 bits per heavy atom. The van der Waals surface area contributed by atoms with Crippen LogP contribution in [0.2, 0.25) is 0 Å². The molecule has 0 aliphatic heterocycles. The normalized spacial score (nSPS) is 9.45. The Morgan fingerprint density at radius 3 is 1.95 bits per heavy atom. The SMILES string of the molecule is O=C(O)c1ccc(C(=O)O)o1.O=Cc1occc1CO. The fraction of sp³-hybridized carbons (Fsp3) is 0.0833. The first-order valence-electron chi connectivity index (χ1n) is 5.18. The van der Waals surface area contributed by atoms with Gasteiger partial charge in [0.1, 0.15) is 0 Å². The van der Waals surface area contributed by atoms with Crippen molar-refractivity contribution in [1.82, 2.24) is 0 Å². The first-order valence-corrected chi connectivity index (χ1v) is 5.18. The number of carbonyl (C=O) groups is 3. The quantitative estimate of drug-likeness (QED) is 0.712. The number of hydrogen-bond acceptors (Lipinski definition) is 6. The van der Waals surface area contributed by atoms with Gasteiger partial charge >= 0.3 is 11.9 Å². The van der Waals surface area contributed by atoms with E-state index in [2.05, 4.69) is 8.83 Å². The zero-order valence-electron chi connectivity index (χ0n) is 9.98. The number of aliphatic hydroxyl groups excluding tert-OH is 1. The van der Waals surface area contributed by atoms with E-state index in [1.165, 1.54) is 6.26 Å². The zero-order chi connectivity index (χ0) is 15.1. The molecule has 8 heteroatoms. The summed E-state index contributed by atoms with van der Waals surface area (Å²) in [4.78, 5) is 30.3. The molecule has 20 heavy (non-hydrogen) atoms. The molecule has 0 atom stereocenters. The molecular weight excluding hydrogens is 272 g/mol. The molecule has 2 heterocycles. The summed E-state index contributed by atoms with van der Waals surface area (Å²) in [5, 5.41) is 25.1. The van der Waals surface area contributed by atoms with Gasteiger partial charge in [0, 0.05) is 5.56 Å². The maximum atomic E-state index is 10.2. The van der Waals surface area contributed by atoms with E-state index >= 15 is 0 Å². The molecule has 8 nitrogen and oxygen atoms in total. The number of rotatable bonds is 4. The lowest BCUT2D eigenvalue weighted by molar-refractivity contribution is 0.0631. The predicted molar refractivity (Wildman–Crippen MR) is 62.6 cm³/mol. The summed E-state index contributed by atoms with van der Waals surface area (Å²) in [6.45, 7) is -0.148. The largest absolute Gasteiger partial charge is 0.475 e. The van der Waals surface area contributed by atoms with E-state index < -0.39 is 11.9 Å². The third-order valence-electron chi connectivity index (χ3n) is 2.09. The van der Waals surface area contributed by atoms with Crippen LogP contribution in [0.3, 0.4) is 0 Å². The van der Waals surface area contributed by atoms with Crippen molar-refractivity contribution in [3.8, 4) is 0 Å². The Bertz CT molecular complexity index is 578. The van der Waals surface area contributed by atoms with Gasteiger partial charge in [-0.2, -0.15) is 0 Å². The van der Waals surface area contributed by atoms with E-state index in [1.807, 2.05) is 0 Å². The van der Waals surface area contributed by atoms with Crippen LogP contribution in [0.25, 0.3) is 0 Å². The molecule has 0 spiro atoms. The van der Waals surface area contributed by atoms with E-state index in [-0.39, 0.29) is 23.9 Å². The molecule has 0 aliphatic carbocycles. The van der Waals surface area contributed by atoms with Crippen molar-refractivity contribution in [2.24, 2.45) is 0 Å². The van der Waals surface area contributed by atoms with Gasteiger partial charge in [-0.05, 0) is 18.2 Å². The Kier molecular flexibility index (Phi) is 5.24. The summed E-state index contributed by atoms with van der Waals surface area (Å²) in [6.07, 6.45) is 1.95. The van der Waals surface area contributed by atoms with Gasteiger partial charge in [0.25, 0.3) is 0 Å². The van der Waals surface area contributed by atoms with Gasteiger partial charge in [-0.3, -0.25) is 4.79 Å². The molecule has 2 rings (SSSR count). The molecule has 3 N–H and O–H groups in total. The third-order valence-corrected chi connectivity index (χ3v) is 2.09. The van der Waals surface area contributed by atoms with Gasteiger partial charge in [-0.25, -0.2) is 9.59 Å². The number of furan rings is 2. The minimum Gasteiger partial charge on any atom is -0.475 e. The smallest absolute Gasteiger partial charge is 0.371 e. The van der Waals surface area contributed by atoms with Gasteiger partial charge in [0.05, 0.1) is 12.9 Å². The molecule has 0 aromatic carbocycles. The molecule has 0 bridgehead atoms. The van der Waals surface area contributed by atoms with E-state index in [9.17, 15) is 14.4 Å². The van der Waals surface area contributed by atoms with Crippen LogP contribution < -0.4 is 0 Å². The highest BCUT2D eigenvalue weighted by atomic mass is 16.4. The predicted octanol–water partition coefficient (Wildman–Crippen LogP) is 1.26. The van der Waals surface area contributed by atoms with Crippen LogP contribution in [0.1, 0.15) is 37.2 Å². The third kappa shape index (κ3) is 3.82. The second kappa shape index (κ2) is 6.90. The fourth-order valence-corrected chi connectivity index (χ4v) is 1.15. The lowest BCUT2D eigenvalue weighted by Gasteiger charge is -1.85. The summed E-state index contributed by atoms with van der Waals surface area (Å²) in [6, 6.07) is 3.74. The van der Waals surface area contributed by atoms with Crippen molar-refractivity contribution in [2.45, 2.75) is 6.61 Å². The van der Waals surface area contributed by atoms with Crippen LogP contribution in [0, 0.1) is 0 Å². The standard InChI is InChI=1S/C6H4O5.C6H6O3/c7-5(8)3-1-2-4(11-3)6(9)10;7-3-5-1-2-9-6(5)4-8/h1-2H,(H,7,8)(H,9,10);1-2,4,7H,3H2. The Labute approximate surface area is 111 Å². The van der Waals surface area contributed by atoms with Gasteiger partial charge in [-0.1, -0.05) is 0 Å². The molecule has 106 valence electrons. The second-order valence-electron chi connectivity index (χ2n) is 3.36. The molecule has 0 amide bonds. The van der Waals surface area contributed by atoms with E-state index in [0.29, 0.717) is 11.8 Å². The van der Waals surface area contributed by atoms with Gasteiger partial charge in [0.15, 0.2) is 12.0 Å². The van der Waals surface area contributed by atoms with Crippen LogP contribution in [-0.4, -0.2) is 33.5 Å². The molecular formula is C12H10O8. The summed E-state index contributed by atoms with van der Waals surface area (Å²) in [5.41, 5.74) is 0.532. The van der Waals surface area contributed by atoms with Crippen LogP contribution in [0.4, 0.5) is 0 Å². The summed E-state index contributed by atoms with van der Waals surface area (Å²) >= 11 is 0. The number of carboxylic acid groups (broad SMARTS) is 2. The van der Waals surface area contributed by atoms with Crippen LogP contribution in [0.5, 0.6) is 0 Å². The maximum absolute atomic E-state index is 10.2. The number of hydrogen-bond donors (Lipinski definition) is 3. The van der Waals surface area contributed by atoms with Crippen molar-refractivity contribution in [3.63, 3.8) is 0 Å². The lowest BCUT2D eigenvalue weighted by Crippen LogP contribution is -1.94. The molecule has 0 saturated carbocycles. The average molecular weight is 282 g/mol. The summed E-state index contributed by atoms with van der Waals surface area (Å²) < 4.78 is 9.08. The minimum atomic E-state index is -1.28. The number of carboxylic acids is 2. The van der Waals surface area contributed by atoms with E-state index in [4.69, 9.17) is 15.3 Å². The van der Waals surface area contributed by atoms with Crippen molar-refractivity contribution >= 4 is 18.2 Å². The molecule has 0 unspecified atom stereocenters. The first-order chi connectivity index (χ1) is 9.49. The minimum absolute atomic E-state index is 0.148. The average Bonchev–Trinajstić information content (AvgIpc) is 3.07. The van der Waals surface area contributed by atoms with Crippen molar-refractivity contribution in [3.05, 3.63) is 47.3 Å². The van der Waals surface area contributed by atoms with Crippen LogP contribution in [0.15, 0.2) is 33.3 Å². The maximum Gasteiger partial charge on any atom is 0.371 e. The Morgan fingerprint density at radius 1 is 1.10 bits per heavy atom. The van der Waals surface area contributed by atoms with Gasteiger partial charge < -0.3 is 24.2 Å². The molecule has 2 aromatic rings. The number of aromatic carboxylic acids is 2. The van der Waals surface area contributed by atoms with Gasteiger partial charge in [0.2, 0.25) is 11.5 Å². The second-order valence-corrected chi connectivity index (χ2v) is 3.36. The topological polar surface area (TPSA) is 138 Å². The molecule has 0 saturated heterocycles.